The molecule has 1 aromatic heterocycles. The van der Waals surface area contributed by atoms with Crippen LogP contribution in [0, 0.1) is 5.92 Å². The largest absolute Gasteiger partial charge is 0.497 e. The predicted octanol–water partition coefficient (Wildman–Crippen LogP) is 5.64. The molecule has 0 saturated carbocycles. The maximum absolute atomic E-state index is 9.50. The third kappa shape index (κ3) is 6.83. The lowest BCUT2D eigenvalue weighted by molar-refractivity contribution is -0.110. The van der Waals surface area contributed by atoms with Crippen molar-refractivity contribution in [1.82, 2.24) is 14.9 Å². The molecule has 0 atom stereocenters. The summed E-state index contributed by atoms with van der Waals surface area (Å²) < 4.78 is 5.30. The number of para-hydroxylation sites is 1. The lowest BCUT2D eigenvalue weighted by Gasteiger charge is -2.34. The number of rotatable bonds is 6. The number of ether oxygens (including phenoxy) is 1. The van der Waals surface area contributed by atoms with Crippen LogP contribution in [-0.4, -0.2) is 61.5 Å². The van der Waals surface area contributed by atoms with E-state index in [1.165, 1.54) is 5.69 Å². The lowest BCUT2D eigenvalue weighted by atomic mass is 10.0. The lowest BCUT2D eigenvalue weighted by Crippen LogP contribution is -2.44. The van der Waals surface area contributed by atoms with E-state index in [2.05, 4.69) is 69.6 Å². The third-order valence-electron chi connectivity index (χ3n) is 6.25. The average molecular weight is 498 g/mol. The molecule has 0 amide bonds. The van der Waals surface area contributed by atoms with Crippen LogP contribution in [-0.2, 0) is 4.79 Å². The van der Waals surface area contributed by atoms with Gasteiger partial charge in [-0.15, -0.1) is 0 Å². The van der Waals surface area contributed by atoms with Crippen molar-refractivity contribution < 1.29 is 9.53 Å². The number of piperazine rings is 1. The molecule has 0 aliphatic carbocycles. The first-order valence-electron chi connectivity index (χ1n) is 12.6. The Morgan fingerprint density at radius 3 is 2.35 bits per heavy atom. The van der Waals surface area contributed by atoms with Gasteiger partial charge in [-0.3, -0.25) is 0 Å². The van der Waals surface area contributed by atoms with Gasteiger partial charge < -0.3 is 24.6 Å². The number of anilines is 3. The molecule has 0 bridgehead atoms. The van der Waals surface area contributed by atoms with E-state index >= 15 is 0 Å². The number of benzene rings is 3. The van der Waals surface area contributed by atoms with E-state index in [0.717, 1.165) is 65.9 Å². The highest BCUT2D eigenvalue weighted by Crippen LogP contribution is 2.30. The first-order chi connectivity index (χ1) is 18.0. The summed E-state index contributed by atoms with van der Waals surface area (Å²) in [7, 11) is 3.85. The molecule has 0 radical (unpaired) electrons. The molecule has 0 unspecified atom stereocenters. The SMILES string of the molecule is CC(C)C=O.COc1ccc(-c2cccc3cnc(Nc4cccc(N5CCN(C)CC5)c4)nc23)cc1. The average Bonchev–Trinajstić information content (AvgIpc) is 2.93. The molecule has 7 heteroatoms. The van der Waals surface area contributed by atoms with Crippen LogP contribution in [0.25, 0.3) is 22.0 Å². The van der Waals surface area contributed by atoms with Crippen LogP contribution >= 0.6 is 0 Å². The van der Waals surface area contributed by atoms with Crippen molar-refractivity contribution in [3.63, 3.8) is 0 Å². The minimum atomic E-state index is 0.204. The number of aldehydes is 1. The zero-order valence-electron chi connectivity index (χ0n) is 22.0. The van der Waals surface area contributed by atoms with Gasteiger partial charge in [0.25, 0.3) is 0 Å². The molecular weight excluding hydrogens is 462 g/mol. The zero-order chi connectivity index (χ0) is 26.2. The topological polar surface area (TPSA) is 70.6 Å². The Morgan fingerprint density at radius 2 is 1.68 bits per heavy atom. The van der Waals surface area contributed by atoms with Crippen LogP contribution in [0.5, 0.6) is 5.75 Å². The summed E-state index contributed by atoms with van der Waals surface area (Å²) in [5.74, 6) is 1.63. The Balaban J connectivity index is 0.000000586. The van der Waals surface area contributed by atoms with E-state index < -0.39 is 0 Å². The Labute approximate surface area is 219 Å². The second-order valence-corrected chi connectivity index (χ2v) is 9.51. The summed E-state index contributed by atoms with van der Waals surface area (Å²) >= 11 is 0. The summed E-state index contributed by atoms with van der Waals surface area (Å²) in [6.45, 7) is 7.95. The molecule has 1 aliphatic heterocycles. The maximum atomic E-state index is 9.50. The molecule has 1 aliphatic rings. The number of nitrogens with zero attached hydrogens (tertiary/aromatic N) is 4. The van der Waals surface area contributed by atoms with Crippen LogP contribution in [0.4, 0.5) is 17.3 Å². The van der Waals surface area contributed by atoms with E-state index in [-0.39, 0.29) is 5.92 Å². The highest BCUT2D eigenvalue weighted by atomic mass is 16.5. The molecule has 4 aromatic rings. The fraction of sp³-hybridized carbons (Fsp3) is 0.300. The van der Waals surface area contributed by atoms with Gasteiger partial charge in [-0.1, -0.05) is 50.2 Å². The molecule has 2 heterocycles. The normalized spacial score (nSPS) is 13.7. The predicted molar refractivity (Wildman–Crippen MR) is 152 cm³/mol. The number of aromatic nitrogens is 2. The molecular formula is C30H35N5O2. The Kier molecular flexibility index (Phi) is 8.69. The second-order valence-electron chi connectivity index (χ2n) is 9.51. The number of hydrogen-bond donors (Lipinski definition) is 1. The van der Waals surface area contributed by atoms with Gasteiger partial charge in [0.05, 0.1) is 12.6 Å². The van der Waals surface area contributed by atoms with Crippen molar-refractivity contribution >= 4 is 34.5 Å². The van der Waals surface area contributed by atoms with Crippen LogP contribution in [0.1, 0.15) is 13.8 Å². The maximum Gasteiger partial charge on any atom is 0.227 e. The molecule has 1 saturated heterocycles. The number of carbonyl (C=O) groups excluding carboxylic acids is 1. The number of nitrogens with one attached hydrogen (secondary N) is 1. The van der Waals surface area contributed by atoms with E-state index in [9.17, 15) is 4.79 Å². The van der Waals surface area contributed by atoms with Gasteiger partial charge in [0.2, 0.25) is 5.95 Å². The number of carbonyl (C=O) groups is 1. The smallest absolute Gasteiger partial charge is 0.227 e. The molecule has 0 spiro atoms. The van der Waals surface area contributed by atoms with E-state index in [0.29, 0.717) is 5.95 Å². The first-order valence-corrected chi connectivity index (χ1v) is 12.6. The molecule has 5 rings (SSSR count). The first kappa shape index (κ1) is 26.1. The second kappa shape index (κ2) is 12.3. The highest BCUT2D eigenvalue weighted by Gasteiger charge is 2.15. The van der Waals surface area contributed by atoms with Gasteiger partial charge in [-0.25, -0.2) is 9.97 Å². The number of fused-ring (bicyclic) bond motifs is 1. The van der Waals surface area contributed by atoms with Crippen LogP contribution in [0.2, 0.25) is 0 Å². The summed E-state index contributed by atoms with van der Waals surface area (Å²) in [6.07, 6.45) is 2.79. The molecule has 37 heavy (non-hydrogen) atoms. The van der Waals surface area contributed by atoms with Crippen molar-refractivity contribution in [2.45, 2.75) is 13.8 Å². The van der Waals surface area contributed by atoms with Crippen LogP contribution < -0.4 is 15.0 Å². The fourth-order valence-electron chi connectivity index (χ4n) is 4.09. The summed E-state index contributed by atoms with van der Waals surface area (Å²) in [4.78, 5) is 23.7. The van der Waals surface area contributed by atoms with Crippen LogP contribution in [0.15, 0.2) is 72.9 Å². The fourth-order valence-corrected chi connectivity index (χ4v) is 4.09. The monoisotopic (exact) mass is 497 g/mol. The number of hydrogen-bond acceptors (Lipinski definition) is 7. The Morgan fingerprint density at radius 1 is 0.973 bits per heavy atom. The summed E-state index contributed by atoms with van der Waals surface area (Å²) in [5.41, 5.74) is 5.30. The van der Waals surface area contributed by atoms with Gasteiger partial charge in [-0.2, -0.15) is 0 Å². The van der Waals surface area contributed by atoms with Crippen molar-refractivity contribution in [2.24, 2.45) is 5.92 Å². The quantitative estimate of drug-likeness (QED) is 0.346. The molecule has 1 fully saturated rings. The minimum Gasteiger partial charge on any atom is -0.497 e. The molecule has 192 valence electrons. The molecule has 1 N–H and O–H groups in total. The van der Waals surface area contributed by atoms with E-state index in [4.69, 9.17) is 9.72 Å². The Bertz CT molecular complexity index is 1320. The van der Waals surface area contributed by atoms with Crippen molar-refractivity contribution in [3.8, 4) is 16.9 Å². The zero-order valence-corrected chi connectivity index (χ0v) is 22.0. The Hall–Kier alpha value is -3.97. The van der Waals surface area contributed by atoms with E-state index in [1.807, 2.05) is 44.3 Å². The van der Waals surface area contributed by atoms with Crippen molar-refractivity contribution in [1.29, 1.82) is 0 Å². The van der Waals surface area contributed by atoms with Gasteiger partial charge in [0.15, 0.2) is 0 Å². The molecule has 3 aromatic carbocycles. The van der Waals surface area contributed by atoms with Gasteiger partial charge in [0, 0.05) is 60.6 Å². The number of likely N-dealkylation sites (N-methyl/N-ethyl adjacent to an activating group) is 1. The number of methoxy groups -OCH3 is 1. The van der Waals surface area contributed by atoms with E-state index in [1.54, 1.807) is 7.11 Å². The standard InChI is InChI=1S/C26H27N5O.C4H8O/c1-30-13-15-31(16-14-30)22-7-4-6-21(17-22)28-26-27-18-20-5-3-8-24(25(20)29-26)19-9-11-23(32-2)12-10-19;1-4(2)3-5/h3-12,17-18H,13-16H2,1-2H3,(H,27,28,29);3-4H,1-2H3. The van der Waals surface area contributed by atoms with Gasteiger partial charge in [0.1, 0.15) is 12.0 Å². The van der Waals surface area contributed by atoms with Gasteiger partial charge >= 0.3 is 0 Å². The summed E-state index contributed by atoms with van der Waals surface area (Å²) in [5, 5.41) is 4.41. The minimum absolute atomic E-state index is 0.204. The third-order valence-corrected chi connectivity index (χ3v) is 6.25. The van der Waals surface area contributed by atoms with Crippen molar-refractivity contribution in [3.05, 3.63) is 72.9 Å². The van der Waals surface area contributed by atoms with Crippen molar-refractivity contribution in [2.75, 3.05) is 50.6 Å². The molecule has 7 nitrogen and oxygen atoms in total. The van der Waals surface area contributed by atoms with Crippen LogP contribution in [0.3, 0.4) is 0 Å². The highest BCUT2D eigenvalue weighted by molar-refractivity contribution is 5.94. The summed E-state index contributed by atoms with van der Waals surface area (Å²) in [6, 6.07) is 22.7. The van der Waals surface area contributed by atoms with Gasteiger partial charge in [-0.05, 0) is 42.9 Å².